The zero-order valence-electron chi connectivity index (χ0n) is 10.6. The van der Waals surface area contributed by atoms with E-state index in [9.17, 15) is 4.79 Å². The van der Waals surface area contributed by atoms with Gasteiger partial charge in [0.05, 0.1) is 0 Å². The highest BCUT2D eigenvalue weighted by molar-refractivity contribution is 5.85. The number of hydrogen-bond acceptors (Lipinski definition) is 5. The monoisotopic (exact) mass is 253 g/mol. The van der Waals surface area contributed by atoms with Gasteiger partial charge in [0.1, 0.15) is 6.26 Å². The molecule has 2 rings (SSSR count). The van der Waals surface area contributed by atoms with Gasteiger partial charge < -0.3 is 19.7 Å². The Morgan fingerprint density at radius 2 is 2.33 bits per heavy atom. The number of piperidine rings is 1. The summed E-state index contributed by atoms with van der Waals surface area (Å²) in [5.74, 6) is -0.462. The molecule has 1 aliphatic heterocycles. The fourth-order valence-corrected chi connectivity index (χ4v) is 2.19. The molecule has 1 aromatic rings. The SMILES string of the molecule is CCN1CCC(CNc2nc(C(=O)O)co2)CC1. The van der Waals surface area contributed by atoms with E-state index in [1.807, 2.05) is 0 Å². The van der Waals surface area contributed by atoms with E-state index in [1.54, 1.807) is 0 Å². The first-order valence-electron chi connectivity index (χ1n) is 6.34. The van der Waals surface area contributed by atoms with Gasteiger partial charge in [-0.2, -0.15) is 4.98 Å². The van der Waals surface area contributed by atoms with E-state index in [-0.39, 0.29) is 5.69 Å². The van der Waals surface area contributed by atoms with Gasteiger partial charge in [0.2, 0.25) is 0 Å². The molecule has 0 radical (unpaired) electrons. The number of nitrogens with zero attached hydrogens (tertiary/aromatic N) is 2. The van der Waals surface area contributed by atoms with Crippen molar-refractivity contribution in [1.29, 1.82) is 0 Å². The molecule has 1 aliphatic rings. The van der Waals surface area contributed by atoms with Gasteiger partial charge in [-0.25, -0.2) is 4.79 Å². The third-order valence-corrected chi connectivity index (χ3v) is 3.42. The van der Waals surface area contributed by atoms with Crippen LogP contribution in [0.15, 0.2) is 10.7 Å². The quantitative estimate of drug-likeness (QED) is 0.828. The van der Waals surface area contributed by atoms with Crippen LogP contribution in [0.1, 0.15) is 30.3 Å². The molecular weight excluding hydrogens is 234 g/mol. The van der Waals surface area contributed by atoms with Gasteiger partial charge in [-0.05, 0) is 38.4 Å². The van der Waals surface area contributed by atoms with Gasteiger partial charge in [0.15, 0.2) is 5.69 Å². The fourth-order valence-electron chi connectivity index (χ4n) is 2.19. The Morgan fingerprint density at radius 3 is 2.89 bits per heavy atom. The molecule has 100 valence electrons. The Labute approximate surface area is 106 Å². The lowest BCUT2D eigenvalue weighted by Gasteiger charge is -2.30. The lowest BCUT2D eigenvalue weighted by atomic mass is 9.97. The van der Waals surface area contributed by atoms with Crippen molar-refractivity contribution >= 4 is 12.0 Å². The van der Waals surface area contributed by atoms with Crippen LogP contribution in [0.3, 0.4) is 0 Å². The Balaban J connectivity index is 1.76. The molecule has 6 heteroatoms. The summed E-state index contributed by atoms with van der Waals surface area (Å²) in [7, 11) is 0. The topological polar surface area (TPSA) is 78.6 Å². The first-order valence-corrected chi connectivity index (χ1v) is 6.34. The molecule has 1 saturated heterocycles. The van der Waals surface area contributed by atoms with Crippen LogP contribution in [0, 0.1) is 5.92 Å². The van der Waals surface area contributed by atoms with Gasteiger partial charge in [0, 0.05) is 6.54 Å². The lowest BCUT2D eigenvalue weighted by molar-refractivity contribution is 0.0690. The molecule has 0 unspecified atom stereocenters. The predicted molar refractivity (Wildman–Crippen MR) is 66.8 cm³/mol. The van der Waals surface area contributed by atoms with Gasteiger partial charge in [0.25, 0.3) is 6.01 Å². The molecule has 0 aliphatic carbocycles. The van der Waals surface area contributed by atoms with Crippen molar-refractivity contribution in [3.05, 3.63) is 12.0 Å². The minimum Gasteiger partial charge on any atom is -0.476 e. The number of hydrogen-bond donors (Lipinski definition) is 2. The molecule has 0 atom stereocenters. The number of carboxylic acids is 1. The first-order chi connectivity index (χ1) is 8.69. The average Bonchev–Trinajstić information content (AvgIpc) is 2.86. The molecule has 0 bridgehead atoms. The second-order valence-corrected chi connectivity index (χ2v) is 4.60. The van der Waals surface area contributed by atoms with Crippen molar-refractivity contribution in [1.82, 2.24) is 9.88 Å². The van der Waals surface area contributed by atoms with Gasteiger partial charge in [-0.1, -0.05) is 6.92 Å². The number of aromatic nitrogens is 1. The number of carbonyl (C=O) groups is 1. The number of rotatable bonds is 5. The van der Waals surface area contributed by atoms with Gasteiger partial charge in [-0.15, -0.1) is 0 Å². The maximum Gasteiger partial charge on any atom is 0.357 e. The number of likely N-dealkylation sites (tertiary alicyclic amines) is 1. The molecule has 18 heavy (non-hydrogen) atoms. The highest BCUT2D eigenvalue weighted by atomic mass is 16.4. The van der Waals surface area contributed by atoms with Crippen LogP contribution >= 0.6 is 0 Å². The summed E-state index contributed by atoms with van der Waals surface area (Å²) < 4.78 is 5.05. The third-order valence-electron chi connectivity index (χ3n) is 3.42. The van der Waals surface area contributed by atoms with Gasteiger partial charge >= 0.3 is 5.97 Å². The van der Waals surface area contributed by atoms with Gasteiger partial charge in [-0.3, -0.25) is 0 Å². The van der Waals surface area contributed by atoms with Crippen LogP contribution in [0.2, 0.25) is 0 Å². The molecule has 2 N–H and O–H groups in total. The summed E-state index contributed by atoms with van der Waals surface area (Å²) >= 11 is 0. The molecule has 0 amide bonds. The minimum atomic E-state index is -1.07. The third kappa shape index (κ3) is 3.22. The van der Waals surface area contributed by atoms with Crippen LogP contribution in [-0.4, -0.2) is 47.1 Å². The Kier molecular flexibility index (Phi) is 4.19. The molecule has 0 spiro atoms. The number of anilines is 1. The summed E-state index contributed by atoms with van der Waals surface area (Å²) in [5, 5.41) is 11.8. The molecule has 1 aromatic heterocycles. The second kappa shape index (κ2) is 5.86. The summed E-state index contributed by atoms with van der Waals surface area (Å²) in [4.78, 5) is 16.9. The number of oxazole rings is 1. The fraction of sp³-hybridized carbons (Fsp3) is 0.667. The van der Waals surface area contributed by atoms with E-state index in [4.69, 9.17) is 9.52 Å². The zero-order valence-corrected chi connectivity index (χ0v) is 10.6. The van der Waals surface area contributed by atoms with E-state index >= 15 is 0 Å². The smallest absolute Gasteiger partial charge is 0.357 e. The highest BCUT2D eigenvalue weighted by Gasteiger charge is 2.18. The standard InChI is InChI=1S/C12H19N3O3/c1-2-15-5-3-9(4-6-15)7-13-12-14-10(8-18-12)11(16)17/h8-9H,2-7H2,1H3,(H,13,14)(H,16,17). The maximum atomic E-state index is 10.6. The molecule has 1 fully saturated rings. The van der Waals surface area contributed by atoms with Crippen molar-refractivity contribution in [3.8, 4) is 0 Å². The van der Waals surface area contributed by atoms with Crippen LogP contribution in [-0.2, 0) is 0 Å². The molecule has 6 nitrogen and oxygen atoms in total. The number of nitrogens with one attached hydrogen (secondary N) is 1. The summed E-state index contributed by atoms with van der Waals surface area (Å²) in [6.07, 6.45) is 3.48. The van der Waals surface area contributed by atoms with Crippen molar-refractivity contribution in [3.63, 3.8) is 0 Å². The van der Waals surface area contributed by atoms with E-state index in [1.165, 1.54) is 0 Å². The van der Waals surface area contributed by atoms with Crippen LogP contribution in [0.4, 0.5) is 6.01 Å². The van der Waals surface area contributed by atoms with Crippen molar-refractivity contribution in [2.45, 2.75) is 19.8 Å². The summed E-state index contributed by atoms with van der Waals surface area (Å²) in [6, 6.07) is 0.297. The zero-order chi connectivity index (χ0) is 13.0. The average molecular weight is 253 g/mol. The molecular formula is C12H19N3O3. The Bertz CT molecular complexity index is 397. The summed E-state index contributed by atoms with van der Waals surface area (Å²) in [5.41, 5.74) is -0.0571. The van der Waals surface area contributed by atoms with E-state index in [0.717, 1.165) is 45.3 Å². The van der Waals surface area contributed by atoms with E-state index in [0.29, 0.717) is 11.9 Å². The Hall–Kier alpha value is -1.56. The van der Waals surface area contributed by atoms with Crippen molar-refractivity contribution < 1.29 is 14.3 Å². The van der Waals surface area contributed by atoms with Crippen LogP contribution in [0.5, 0.6) is 0 Å². The first kappa shape index (κ1) is 12.9. The van der Waals surface area contributed by atoms with E-state index < -0.39 is 5.97 Å². The number of carboxylic acid groups (broad SMARTS) is 1. The number of aromatic carboxylic acids is 1. The molecule has 0 saturated carbocycles. The maximum absolute atomic E-state index is 10.6. The summed E-state index contributed by atoms with van der Waals surface area (Å²) in [6.45, 7) is 6.35. The normalized spacial score (nSPS) is 17.8. The van der Waals surface area contributed by atoms with Crippen LogP contribution < -0.4 is 5.32 Å². The van der Waals surface area contributed by atoms with Crippen molar-refractivity contribution in [2.75, 3.05) is 31.5 Å². The minimum absolute atomic E-state index is 0.0571. The van der Waals surface area contributed by atoms with Crippen molar-refractivity contribution in [2.24, 2.45) is 5.92 Å². The second-order valence-electron chi connectivity index (χ2n) is 4.60. The van der Waals surface area contributed by atoms with E-state index in [2.05, 4.69) is 22.1 Å². The predicted octanol–water partition coefficient (Wildman–Crippen LogP) is 1.52. The van der Waals surface area contributed by atoms with Crippen LogP contribution in [0.25, 0.3) is 0 Å². The Morgan fingerprint density at radius 1 is 1.61 bits per heavy atom. The lowest BCUT2D eigenvalue weighted by Crippen LogP contribution is -2.35. The molecule has 2 heterocycles. The molecule has 0 aromatic carbocycles. The largest absolute Gasteiger partial charge is 0.476 e. The highest BCUT2D eigenvalue weighted by Crippen LogP contribution is 2.17.